The van der Waals surface area contributed by atoms with Gasteiger partial charge in [-0.05, 0) is 24.5 Å². The maximum absolute atomic E-state index is 12.2. The number of benzene rings is 1. The van der Waals surface area contributed by atoms with Crippen LogP contribution in [-0.4, -0.2) is 25.1 Å². The van der Waals surface area contributed by atoms with Gasteiger partial charge in [-0.25, -0.2) is 0 Å². The summed E-state index contributed by atoms with van der Waals surface area (Å²) in [6, 6.07) is 5.79. The van der Waals surface area contributed by atoms with Crippen molar-refractivity contribution < 1.29 is 27.8 Å². The number of carbonyl (C=O) groups excluding carboxylic acids is 2. The summed E-state index contributed by atoms with van der Waals surface area (Å²) in [6.45, 7) is -1.52. The first-order chi connectivity index (χ1) is 9.97. The van der Waals surface area contributed by atoms with E-state index in [0.29, 0.717) is 5.92 Å². The van der Waals surface area contributed by atoms with E-state index in [-0.39, 0.29) is 17.4 Å². The number of hydrogen-bond donors (Lipinski definition) is 1. The van der Waals surface area contributed by atoms with Crippen molar-refractivity contribution in [1.82, 2.24) is 0 Å². The fourth-order valence-electron chi connectivity index (χ4n) is 1.85. The molecule has 0 saturated heterocycles. The number of ether oxygens (including phenoxy) is 2. The number of amides is 1. The molecular weight excluding hydrogens is 284 g/mol. The van der Waals surface area contributed by atoms with Crippen molar-refractivity contribution >= 4 is 17.6 Å². The van der Waals surface area contributed by atoms with Crippen molar-refractivity contribution in [3.05, 3.63) is 24.3 Å². The highest BCUT2D eigenvalue weighted by Crippen LogP contribution is 2.38. The molecule has 2 unspecified atom stereocenters. The van der Waals surface area contributed by atoms with Gasteiger partial charge in [-0.1, -0.05) is 19.1 Å². The minimum absolute atomic E-state index is 0.0960. The number of anilines is 1. The standard InChI is InChI=1S/C14H15F2NO4/c1-8-6-9(8)13(19)20-7-12(18)17-10-4-2-3-5-11(10)21-14(15)16/h2-5,8-9,14H,6-7H2,1H3,(H,17,18). The quantitative estimate of drug-likeness (QED) is 0.819. The van der Waals surface area contributed by atoms with Crippen molar-refractivity contribution in [1.29, 1.82) is 0 Å². The maximum Gasteiger partial charge on any atom is 0.387 e. The van der Waals surface area contributed by atoms with Crippen LogP contribution in [0.2, 0.25) is 0 Å². The first-order valence-corrected chi connectivity index (χ1v) is 6.47. The highest BCUT2D eigenvalue weighted by molar-refractivity contribution is 5.94. The van der Waals surface area contributed by atoms with Crippen LogP contribution in [0.1, 0.15) is 13.3 Å². The van der Waals surface area contributed by atoms with E-state index in [1.165, 1.54) is 18.2 Å². The number of halogens is 2. The molecule has 7 heteroatoms. The molecule has 1 fully saturated rings. The predicted octanol–water partition coefficient (Wildman–Crippen LogP) is 2.43. The Morgan fingerprint density at radius 3 is 2.67 bits per heavy atom. The van der Waals surface area contributed by atoms with Gasteiger partial charge in [-0.2, -0.15) is 8.78 Å². The zero-order valence-electron chi connectivity index (χ0n) is 11.3. The number of para-hydroxylation sites is 2. The van der Waals surface area contributed by atoms with Crippen LogP contribution in [0.25, 0.3) is 0 Å². The lowest BCUT2D eigenvalue weighted by Crippen LogP contribution is -2.22. The number of alkyl halides is 2. The molecule has 1 saturated carbocycles. The molecule has 1 aromatic rings. The Morgan fingerprint density at radius 1 is 1.38 bits per heavy atom. The van der Waals surface area contributed by atoms with E-state index in [2.05, 4.69) is 10.1 Å². The van der Waals surface area contributed by atoms with Crippen LogP contribution < -0.4 is 10.1 Å². The fraction of sp³-hybridized carbons (Fsp3) is 0.429. The van der Waals surface area contributed by atoms with E-state index in [9.17, 15) is 18.4 Å². The van der Waals surface area contributed by atoms with Gasteiger partial charge in [-0.3, -0.25) is 9.59 Å². The third-order valence-electron chi connectivity index (χ3n) is 3.13. The van der Waals surface area contributed by atoms with Crippen LogP contribution in [0.15, 0.2) is 24.3 Å². The summed E-state index contributed by atoms with van der Waals surface area (Å²) in [4.78, 5) is 23.1. The molecule has 114 valence electrons. The van der Waals surface area contributed by atoms with Gasteiger partial charge in [0.1, 0.15) is 5.75 Å². The summed E-state index contributed by atoms with van der Waals surface area (Å²) in [6.07, 6.45) is 0.769. The average molecular weight is 299 g/mol. The molecule has 0 bridgehead atoms. The summed E-state index contributed by atoms with van der Waals surface area (Å²) in [7, 11) is 0. The van der Waals surface area contributed by atoms with Gasteiger partial charge in [0.15, 0.2) is 6.61 Å². The van der Waals surface area contributed by atoms with Gasteiger partial charge in [-0.15, -0.1) is 0 Å². The molecule has 0 aromatic heterocycles. The van der Waals surface area contributed by atoms with E-state index in [1.807, 2.05) is 6.92 Å². The van der Waals surface area contributed by atoms with E-state index >= 15 is 0 Å². The summed E-state index contributed by atoms with van der Waals surface area (Å²) in [5, 5.41) is 2.37. The fourth-order valence-corrected chi connectivity index (χ4v) is 1.85. The second-order valence-electron chi connectivity index (χ2n) is 4.85. The number of carbonyl (C=O) groups is 2. The highest BCUT2D eigenvalue weighted by Gasteiger charge is 2.40. The van der Waals surface area contributed by atoms with Gasteiger partial charge in [0.2, 0.25) is 0 Å². The molecule has 1 aliphatic rings. The molecule has 5 nitrogen and oxygen atoms in total. The zero-order valence-corrected chi connectivity index (χ0v) is 11.3. The molecule has 2 atom stereocenters. The van der Waals surface area contributed by atoms with Gasteiger partial charge in [0, 0.05) is 0 Å². The minimum Gasteiger partial charge on any atom is -0.455 e. The number of esters is 1. The van der Waals surface area contributed by atoms with Gasteiger partial charge >= 0.3 is 12.6 Å². The van der Waals surface area contributed by atoms with Crippen molar-refractivity contribution in [3.8, 4) is 5.75 Å². The van der Waals surface area contributed by atoms with Crippen LogP contribution in [-0.2, 0) is 14.3 Å². The zero-order chi connectivity index (χ0) is 15.4. The third-order valence-corrected chi connectivity index (χ3v) is 3.13. The van der Waals surface area contributed by atoms with Crippen molar-refractivity contribution in [2.24, 2.45) is 11.8 Å². The molecule has 0 spiro atoms. The minimum atomic E-state index is -2.99. The van der Waals surface area contributed by atoms with E-state index < -0.39 is 25.1 Å². The Bertz CT molecular complexity index is 535. The lowest BCUT2D eigenvalue weighted by Gasteiger charge is -2.11. The highest BCUT2D eigenvalue weighted by atomic mass is 19.3. The number of rotatable bonds is 6. The number of hydrogen-bond acceptors (Lipinski definition) is 4. The third kappa shape index (κ3) is 4.40. The summed E-state index contributed by atoms with van der Waals surface area (Å²) in [5.74, 6) is -1.01. The van der Waals surface area contributed by atoms with Gasteiger partial charge < -0.3 is 14.8 Å². The van der Waals surface area contributed by atoms with Crippen LogP contribution in [0.5, 0.6) is 5.75 Å². The van der Waals surface area contributed by atoms with Crippen molar-refractivity contribution in [2.75, 3.05) is 11.9 Å². The van der Waals surface area contributed by atoms with Crippen LogP contribution in [0.3, 0.4) is 0 Å². The first-order valence-electron chi connectivity index (χ1n) is 6.47. The van der Waals surface area contributed by atoms with Gasteiger partial charge in [0.05, 0.1) is 11.6 Å². The second kappa shape index (κ2) is 6.51. The molecule has 1 aromatic carbocycles. The monoisotopic (exact) mass is 299 g/mol. The second-order valence-corrected chi connectivity index (χ2v) is 4.85. The van der Waals surface area contributed by atoms with E-state index in [0.717, 1.165) is 6.42 Å². The smallest absolute Gasteiger partial charge is 0.387 e. The summed E-state index contributed by atoms with van der Waals surface area (Å²) < 4.78 is 33.6. The molecule has 0 heterocycles. The predicted molar refractivity (Wildman–Crippen MR) is 69.9 cm³/mol. The van der Waals surface area contributed by atoms with Gasteiger partial charge in [0.25, 0.3) is 5.91 Å². The molecule has 1 N–H and O–H groups in total. The largest absolute Gasteiger partial charge is 0.455 e. The average Bonchev–Trinajstić information content (AvgIpc) is 3.15. The SMILES string of the molecule is CC1CC1C(=O)OCC(=O)Nc1ccccc1OC(F)F. The maximum atomic E-state index is 12.2. The lowest BCUT2D eigenvalue weighted by molar-refractivity contribution is -0.148. The normalized spacial score (nSPS) is 20.0. The molecular formula is C14H15F2NO4. The molecule has 1 amide bonds. The molecule has 1 aliphatic carbocycles. The first kappa shape index (κ1) is 15.2. The van der Waals surface area contributed by atoms with E-state index in [4.69, 9.17) is 4.74 Å². The topological polar surface area (TPSA) is 64.6 Å². The Balaban J connectivity index is 1.86. The Hall–Kier alpha value is -2.18. The van der Waals surface area contributed by atoms with Crippen LogP contribution >= 0.6 is 0 Å². The van der Waals surface area contributed by atoms with Crippen LogP contribution in [0, 0.1) is 11.8 Å². The molecule has 2 rings (SSSR count). The molecule has 21 heavy (non-hydrogen) atoms. The summed E-state index contributed by atoms with van der Waals surface area (Å²) >= 11 is 0. The Morgan fingerprint density at radius 2 is 2.05 bits per heavy atom. The molecule has 0 radical (unpaired) electrons. The number of nitrogens with one attached hydrogen (secondary N) is 1. The Kier molecular flexibility index (Phi) is 4.72. The lowest BCUT2D eigenvalue weighted by atomic mass is 10.3. The van der Waals surface area contributed by atoms with Crippen LogP contribution in [0.4, 0.5) is 14.5 Å². The Labute approximate surface area is 120 Å². The summed E-state index contributed by atoms with van der Waals surface area (Å²) in [5.41, 5.74) is 0.0960. The van der Waals surface area contributed by atoms with E-state index in [1.54, 1.807) is 6.07 Å². The van der Waals surface area contributed by atoms with Crippen molar-refractivity contribution in [2.45, 2.75) is 20.0 Å². The van der Waals surface area contributed by atoms with Crippen molar-refractivity contribution in [3.63, 3.8) is 0 Å². The molecule has 0 aliphatic heterocycles.